The number of carboxylic acid groups (broad SMARTS) is 1. The maximum Gasteiger partial charge on any atom is 0.328 e. The van der Waals surface area contributed by atoms with Gasteiger partial charge in [-0.25, -0.2) is 4.79 Å². The van der Waals surface area contributed by atoms with E-state index in [9.17, 15) is 4.79 Å². The van der Waals surface area contributed by atoms with Crippen molar-refractivity contribution < 1.29 is 9.90 Å². The van der Waals surface area contributed by atoms with Crippen molar-refractivity contribution in [3.05, 3.63) is 23.3 Å². The Morgan fingerprint density at radius 1 is 1.59 bits per heavy atom. The Labute approximate surface area is 104 Å². The fraction of sp³-hybridized carbons (Fsp3) is 0.667. The van der Waals surface area contributed by atoms with E-state index in [1.165, 1.54) is 24.5 Å². The Morgan fingerprint density at radius 2 is 2.24 bits per heavy atom. The Balaban J connectivity index is 2.64. The summed E-state index contributed by atoms with van der Waals surface area (Å²) in [6.07, 6.45) is 8.02. The van der Waals surface area contributed by atoms with Crippen molar-refractivity contribution in [2.45, 2.75) is 53.4 Å². The zero-order valence-corrected chi connectivity index (χ0v) is 11.4. The zero-order chi connectivity index (χ0) is 13.1. The quantitative estimate of drug-likeness (QED) is 0.587. The van der Waals surface area contributed by atoms with Gasteiger partial charge in [-0.15, -0.1) is 0 Å². The van der Waals surface area contributed by atoms with Gasteiger partial charge in [0.2, 0.25) is 0 Å². The third kappa shape index (κ3) is 4.03. The monoisotopic (exact) mass is 236 g/mol. The van der Waals surface area contributed by atoms with E-state index in [1.54, 1.807) is 0 Å². The smallest absolute Gasteiger partial charge is 0.328 e. The number of carboxylic acids is 1. The highest BCUT2D eigenvalue weighted by Crippen LogP contribution is 2.43. The van der Waals surface area contributed by atoms with Crippen molar-refractivity contribution in [2.75, 3.05) is 0 Å². The van der Waals surface area contributed by atoms with Crippen LogP contribution in [0.3, 0.4) is 0 Å². The van der Waals surface area contributed by atoms with E-state index in [4.69, 9.17) is 5.11 Å². The van der Waals surface area contributed by atoms with Crippen LogP contribution in [0.1, 0.15) is 53.4 Å². The summed E-state index contributed by atoms with van der Waals surface area (Å²) in [4.78, 5) is 10.6. The Kier molecular flexibility index (Phi) is 4.55. The standard InChI is InChI=1S/C15H24O2/c1-11(10-14(16)17)7-8-13-12(2)6-5-9-15(13,3)4/h6,10,13H,5,7-9H2,1-4H3,(H,16,17)/b11-10-/t13-/m1/s1. The van der Waals surface area contributed by atoms with Crippen LogP contribution in [0.5, 0.6) is 0 Å². The van der Waals surface area contributed by atoms with Crippen molar-refractivity contribution in [3.8, 4) is 0 Å². The van der Waals surface area contributed by atoms with Crippen LogP contribution in [0.2, 0.25) is 0 Å². The first-order chi connectivity index (χ1) is 7.83. The summed E-state index contributed by atoms with van der Waals surface area (Å²) in [5.74, 6) is -0.244. The molecule has 1 rings (SSSR count). The fourth-order valence-electron chi connectivity index (χ4n) is 2.88. The normalized spacial score (nSPS) is 24.4. The number of hydrogen-bond donors (Lipinski definition) is 1. The van der Waals surface area contributed by atoms with Gasteiger partial charge in [0, 0.05) is 6.08 Å². The molecule has 0 radical (unpaired) electrons. The van der Waals surface area contributed by atoms with Gasteiger partial charge in [-0.3, -0.25) is 0 Å². The van der Waals surface area contributed by atoms with E-state index < -0.39 is 5.97 Å². The van der Waals surface area contributed by atoms with Crippen LogP contribution < -0.4 is 0 Å². The van der Waals surface area contributed by atoms with Crippen molar-refractivity contribution in [1.29, 1.82) is 0 Å². The second kappa shape index (κ2) is 5.52. The molecule has 1 N–H and O–H groups in total. The highest BCUT2D eigenvalue weighted by molar-refractivity contribution is 5.80. The summed E-state index contributed by atoms with van der Waals surface area (Å²) in [6.45, 7) is 8.76. The molecule has 0 amide bonds. The third-order valence-electron chi connectivity index (χ3n) is 3.95. The minimum absolute atomic E-state index is 0.350. The minimum Gasteiger partial charge on any atom is -0.478 e. The van der Waals surface area contributed by atoms with Gasteiger partial charge < -0.3 is 5.11 Å². The molecule has 0 aliphatic heterocycles. The molecule has 1 aliphatic carbocycles. The molecule has 1 aliphatic rings. The van der Waals surface area contributed by atoms with Gasteiger partial charge in [0.15, 0.2) is 0 Å². The molecule has 0 aromatic rings. The van der Waals surface area contributed by atoms with Gasteiger partial charge in [0.25, 0.3) is 0 Å². The van der Waals surface area contributed by atoms with E-state index in [0.29, 0.717) is 11.3 Å². The predicted octanol–water partition coefficient (Wildman–Crippen LogP) is 4.18. The summed E-state index contributed by atoms with van der Waals surface area (Å²) in [5.41, 5.74) is 2.79. The van der Waals surface area contributed by atoms with Gasteiger partial charge in [-0.05, 0) is 50.9 Å². The van der Waals surface area contributed by atoms with Crippen LogP contribution in [0.25, 0.3) is 0 Å². The van der Waals surface area contributed by atoms with Crippen molar-refractivity contribution >= 4 is 5.97 Å². The van der Waals surface area contributed by atoms with Crippen LogP contribution in [-0.2, 0) is 4.79 Å². The summed E-state index contributed by atoms with van der Waals surface area (Å²) in [7, 11) is 0. The first-order valence-corrected chi connectivity index (χ1v) is 6.39. The molecule has 0 bridgehead atoms. The largest absolute Gasteiger partial charge is 0.478 e. The van der Waals surface area contributed by atoms with E-state index >= 15 is 0 Å². The average molecular weight is 236 g/mol. The van der Waals surface area contributed by atoms with E-state index in [0.717, 1.165) is 18.4 Å². The van der Waals surface area contributed by atoms with E-state index in [1.807, 2.05) is 6.92 Å². The third-order valence-corrected chi connectivity index (χ3v) is 3.95. The summed E-state index contributed by atoms with van der Waals surface area (Å²) < 4.78 is 0. The molecule has 1 atom stereocenters. The molecule has 0 fully saturated rings. The van der Waals surface area contributed by atoms with Crippen molar-refractivity contribution in [1.82, 2.24) is 0 Å². The van der Waals surface area contributed by atoms with Crippen LogP contribution in [-0.4, -0.2) is 11.1 Å². The fourth-order valence-corrected chi connectivity index (χ4v) is 2.88. The molecule has 96 valence electrons. The maximum atomic E-state index is 10.6. The second-order valence-corrected chi connectivity index (χ2v) is 5.90. The first kappa shape index (κ1) is 14.0. The summed E-state index contributed by atoms with van der Waals surface area (Å²) in [6, 6.07) is 0. The average Bonchev–Trinajstić information content (AvgIpc) is 2.14. The Bertz CT molecular complexity index is 348. The molecule has 0 aromatic heterocycles. The highest BCUT2D eigenvalue weighted by Gasteiger charge is 2.32. The molecule has 0 unspecified atom stereocenters. The topological polar surface area (TPSA) is 37.3 Å². The minimum atomic E-state index is -0.835. The van der Waals surface area contributed by atoms with Crippen molar-refractivity contribution in [2.24, 2.45) is 11.3 Å². The predicted molar refractivity (Wildman–Crippen MR) is 70.9 cm³/mol. The van der Waals surface area contributed by atoms with Crippen LogP contribution in [0, 0.1) is 11.3 Å². The van der Waals surface area contributed by atoms with E-state index in [-0.39, 0.29) is 0 Å². The molecular weight excluding hydrogens is 212 g/mol. The van der Waals surface area contributed by atoms with Crippen LogP contribution in [0.15, 0.2) is 23.3 Å². The number of hydrogen-bond acceptors (Lipinski definition) is 1. The zero-order valence-electron chi connectivity index (χ0n) is 11.4. The molecule has 0 spiro atoms. The first-order valence-electron chi connectivity index (χ1n) is 6.39. The number of carbonyl (C=O) groups is 1. The number of allylic oxidation sites excluding steroid dienone is 3. The van der Waals surface area contributed by atoms with Gasteiger partial charge in [0.1, 0.15) is 0 Å². The second-order valence-electron chi connectivity index (χ2n) is 5.90. The highest BCUT2D eigenvalue weighted by atomic mass is 16.4. The summed E-state index contributed by atoms with van der Waals surface area (Å²) >= 11 is 0. The SMILES string of the molecule is CC1=CCCC(C)(C)[C@@H]1CC/C(C)=C\C(=O)O. The molecule has 2 nitrogen and oxygen atoms in total. The lowest BCUT2D eigenvalue weighted by Gasteiger charge is -2.38. The molecule has 0 aromatic carbocycles. The number of rotatable bonds is 4. The molecule has 17 heavy (non-hydrogen) atoms. The Morgan fingerprint density at radius 3 is 2.76 bits per heavy atom. The Hall–Kier alpha value is -1.05. The lowest BCUT2D eigenvalue weighted by Crippen LogP contribution is -2.27. The van der Waals surface area contributed by atoms with Gasteiger partial charge in [-0.1, -0.05) is 31.1 Å². The molecule has 0 saturated heterocycles. The van der Waals surface area contributed by atoms with Crippen LogP contribution >= 0.6 is 0 Å². The molecular formula is C15H24O2. The summed E-state index contributed by atoms with van der Waals surface area (Å²) in [5, 5.41) is 8.69. The van der Waals surface area contributed by atoms with Gasteiger partial charge in [0.05, 0.1) is 0 Å². The molecule has 2 heteroatoms. The van der Waals surface area contributed by atoms with Crippen LogP contribution in [0.4, 0.5) is 0 Å². The van der Waals surface area contributed by atoms with Crippen molar-refractivity contribution in [3.63, 3.8) is 0 Å². The number of aliphatic carboxylic acids is 1. The van der Waals surface area contributed by atoms with E-state index in [2.05, 4.69) is 26.8 Å². The lowest BCUT2D eigenvalue weighted by atomic mass is 9.67. The molecule has 0 heterocycles. The van der Waals surface area contributed by atoms with Gasteiger partial charge >= 0.3 is 5.97 Å². The van der Waals surface area contributed by atoms with Gasteiger partial charge in [-0.2, -0.15) is 0 Å². The maximum absolute atomic E-state index is 10.6. The molecule has 0 saturated carbocycles. The lowest BCUT2D eigenvalue weighted by molar-refractivity contribution is -0.131.